The highest BCUT2D eigenvalue weighted by atomic mass is 16.5. The monoisotopic (exact) mass is 422 g/mol. The largest absolute Gasteiger partial charge is 0.504 e. The summed E-state index contributed by atoms with van der Waals surface area (Å²) >= 11 is 0. The Morgan fingerprint density at radius 2 is 1.62 bits per heavy atom. The summed E-state index contributed by atoms with van der Waals surface area (Å²) in [5.41, 5.74) is 4.63. The molecule has 0 bridgehead atoms. The van der Waals surface area contributed by atoms with Crippen molar-refractivity contribution in [3.63, 3.8) is 0 Å². The zero-order valence-corrected chi connectivity index (χ0v) is 17.2. The van der Waals surface area contributed by atoms with E-state index in [1.54, 1.807) is 12.1 Å². The molecular weight excluding hydrogens is 404 g/mol. The van der Waals surface area contributed by atoms with Crippen LogP contribution < -0.4 is 9.47 Å². The van der Waals surface area contributed by atoms with Gasteiger partial charge in [-0.25, -0.2) is 9.97 Å². The Kier molecular flexibility index (Phi) is 4.01. The van der Waals surface area contributed by atoms with Crippen molar-refractivity contribution in [1.29, 1.82) is 0 Å². The number of aromatic hydroxyl groups is 1. The summed E-state index contributed by atoms with van der Waals surface area (Å²) in [7, 11) is 1.50. The number of aromatic nitrogens is 2. The number of phenolic OH excluding ortho intramolecular Hbond substituents is 1. The third-order valence-electron chi connectivity index (χ3n) is 6.04. The lowest BCUT2D eigenvalue weighted by Crippen LogP contribution is -2.22. The topological polar surface area (TPSA) is 81.5 Å². The summed E-state index contributed by atoms with van der Waals surface area (Å²) in [6, 6.07) is 20.7. The fourth-order valence-electron chi connectivity index (χ4n) is 4.58. The smallest absolute Gasteiger partial charge is 0.312 e. The number of carbonyl (C=O) groups is 1. The lowest BCUT2D eigenvalue weighted by Gasteiger charge is -2.27. The maximum Gasteiger partial charge on any atom is 0.312 e. The number of fused-ring (bicyclic) bond motifs is 7. The SMILES string of the molecule is COc1ccc(C2CC(=O)Oc3c2c2nc4ccccc4nc2c2ccccc32)cc1O. The minimum atomic E-state index is -0.342. The predicted molar refractivity (Wildman–Crippen MR) is 121 cm³/mol. The molecule has 0 amide bonds. The minimum Gasteiger partial charge on any atom is -0.504 e. The highest BCUT2D eigenvalue weighted by Gasteiger charge is 2.34. The van der Waals surface area contributed by atoms with Gasteiger partial charge in [0.15, 0.2) is 11.5 Å². The van der Waals surface area contributed by atoms with Gasteiger partial charge in [0.1, 0.15) is 5.75 Å². The third kappa shape index (κ3) is 2.69. The highest BCUT2D eigenvalue weighted by Crippen LogP contribution is 2.48. The second-order valence-corrected chi connectivity index (χ2v) is 7.86. The van der Waals surface area contributed by atoms with Crippen LogP contribution in [0.25, 0.3) is 32.8 Å². The standard InChI is InChI=1S/C26H18N2O4/c1-31-21-11-10-14(12-20(21)29)17-13-22(30)32-26-16-7-3-2-6-15(16)24-25(23(17)26)28-19-9-5-4-8-18(19)27-24/h2-12,17,29H,13H2,1H3. The van der Waals surface area contributed by atoms with Gasteiger partial charge in [-0.2, -0.15) is 0 Å². The molecule has 0 spiro atoms. The van der Waals surface area contributed by atoms with Crippen LogP contribution in [0.1, 0.15) is 23.5 Å². The molecule has 5 aromatic rings. The average molecular weight is 422 g/mol. The number of ether oxygens (including phenoxy) is 2. The highest BCUT2D eigenvalue weighted by molar-refractivity contribution is 6.12. The minimum absolute atomic E-state index is 0.0205. The van der Waals surface area contributed by atoms with Gasteiger partial charge >= 0.3 is 5.97 Å². The van der Waals surface area contributed by atoms with Gasteiger partial charge in [0.2, 0.25) is 0 Å². The van der Waals surface area contributed by atoms with Crippen molar-refractivity contribution in [3.05, 3.63) is 77.9 Å². The van der Waals surface area contributed by atoms with E-state index in [1.165, 1.54) is 7.11 Å². The normalized spacial score (nSPS) is 15.7. The molecule has 0 fully saturated rings. The lowest BCUT2D eigenvalue weighted by atomic mass is 9.83. The van der Waals surface area contributed by atoms with E-state index in [0.717, 1.165) is 38.4 Å². The van der Waals surface area contributed by atoms with Crippen LogP contribution in [0.4, 0.5) is 0 Å². The number of methoxy groups -OCH3 is 1. The fraction of sp³-hybridized carbons (Fsp3) is 0.115. The predicted octanol–water partition coefficient (Wildman–Crippen LogP) is 5.09. The van der Waals surface area contributed by atoms with Gasteiger partial charge in [-0.15, -0.1) is 0 Å². The molecule has 1 N–H and O–H groups in total. The van der Waals surface area contributed by atoms with Crippen LogP contribution in [0, 0.1) is 0 Å². The summed E-state index contributed by atoms with van der Waals surface area (Å²) in [5, 5.41) is 12.1. The zero-order chi connectivity index (χ0) is 21.8. The van der Waals surface area contributed by atoms with E-state index in [2.05, 4.69) is 0 Å². The number of rotatable bonds is 2. The maximum atomic E-state index is 12.7. The van der Waals surface area contributed by atoms with Crippen molar-refractivity contribution in [1.82, 2.24) is 9.97 Å². The summed E-state index contributed by atoms with van der Waals surface area (Å²) < 4.78 is 11.0. The lowest BCUT2D eigenvalue weighted by molar-refractivity contribution is -0.135. The molecule has 1 aliphatic heterocycles. The Labute approximate surface area is 183 Å². The van der Waals surface area contributed by atoms with Gasteiger partial charge < -0.3 is 14.6 Å². The quantitative estimate of drug-likeness (QED) is 0.185. The van der Waals surface area contributed by atoms with E-state index in [0.29, 0.717) is 17.0 Å². The van der Waals surface area contributed by atoms with Crippen LogP contribution in [0.2, 0.25) is 0 Å². The first-order chi connectivity index (χ1) is 15.6. The first-order valence-electron chi connectivity index (χ1n) is 10.3. The van der Waals surface area contributed by atoms with Crippen molar-refractivity contribution in [2.45, 2.75) is 12.3 Å². The number of nitrogens with zero attached hydrogens (tertiary/aromatic N) is 2. The molecule has 0 saturated carbocycles. The molecule has 1 aromatic heterocycles. The van der Waals surface area contributed by atoms with Crippen molar-refractivity contribution in [2.75, 3.05) is 7.11 Å². The Morgan fingerprint density at radius 1 is 0.938 bits per heavy atom. The van der Waals surface area contributed by atoms with Gasteiger partial charge in [0.25, 0.3) is 0 Å². The van der Waals surface area contributed by atoms with E-state index >= 15 is 0 Å². The summed E-state index contributed by atoms with van der Waals surface area (Å²) in [5.74, 6) is 0.240. The van der Waals surface area contributed by atoms with E-state index in [9.17, 15) is 9.90 Å². The Morgan fingerprint density at radius 3 is 2.34 bits per heavy atom. The number of esters is 1. The van der Waals surface area contributed by atoms with Crippen LogP contribution in [0.15, 0.2) is 66.7 Å². The molecule has 0 aliphatic carbocycles. The molecule has 1 unspecified atom stereocenters. The number of benzene rings is 4. The van der Waals surface area contributed by atoms with Gasteiger partial charge in [-0.1, -0.05) is 42.5 Å². The van der Waals surface area contributed by atoms with E-state index in [1.807, 2.05) is 54.6 Å². The third-order valence-corrected chi connectivity index (χ3v) is 6.04. The Bertz CT molecular complexity index is 1560. The molecule has 2 heterocycles. The number of hydrogen-bond donors (Lipinski definition) is 1. The molecule has 156 valence electrons. The summed E-state index contributed by atoms with van der Waals surface area (Å²) in [6.07, 6.45) is 0.140. The van der Waals surface area contributed by atoms with Crippen molar-refractivity contribution >= 4 is 38.8 Å². The summed E-state index contributed by atoms with van der Waals surface area (Å²) in [4.78, 5) is 22.6. The second-order valence-electron chi connectivity index (χ2n) is 7.86. The van der Waals surface area contributed by atoms with E-state index < -0.39 is 0 Å². The van der Waals surface area contributed by atoms with E-state index in [4.69, 9.17) is 19.4 Å². The van der Waals surface area contributed by atoms with Crippen molar-refractivity contribution in [3.8, 4) is 17.2 Å². The molecule has 6 rings (SSSR count). The van der Waals surface area contributed by atoms with Crippen LogP contribution in [-0.2, 0) is 4.79 Å². The number of hydrogen-bond acceptors (Lipinski definition) is 6. The number of para-hydroxylation sites is 2. The molecule has 6 nitrogen and oxygen atoms in total. The molecule has 32 heavy (non-hydrogen) atoms. The van der Waals surface area contributed by atoms with Gasteiger partial charge in [-0.3, -0.25) is 4.79 Å². The molecule has 0 radical (unpaired) electrons. The Balaban J connectivity index is 1.74. The molecular formula is C26H18N2O4. The number of carbonyl (C=O) groups excluding carboxylic acids is 1. The van der Waals surface area contributed by atoms with E-state index in [-0.39, 0.29) is 24.1 Å². The molecule has 1 aliphatic rings. The second kappa shape index (κ2) is 6.92. The van der Waals surface area contributed by atoms with Crippen LogP contribution >= 0.6 is 0 Å². The molecule has 4 aromatic carbocycles. The fourth-order valence-corrected chi connectivity index (χ4v) is 4.58. The van der Waals surface area contributed by atoms with Gasteiger partial charge in [0.05, 0.1) is 35.6 Å². The first kappa shape index (κ1) is 18.6. The first-order valence-corrected chi connectivity index (χ1v) is 10.3. The van der Waals surface area contributed by atoms with Crippen LogP contribution in [-0.4, -0.2) is 28.2 Å². The van der Waals surface area contributed by atoms with Gasteiger partial charge in [-0.05, 0) is 29.8 Å². The Hall–Kier alpha value is -4.19. The van der Waals surface area contributed by atoms with Crippen LogP contribution in [0.3, 0.4) is 0 Å². The summed E-state index contributed by atoms with van der Waals surface area (Å²) in [6.45, 7) is 0. The average Bonchev–Trinajstić information content (AvgIpc) is 2.82. The maximum absolute atomic E-state index is 12.7. The van der Waals surface area contributed by atoms with Crippen LogP contribution in [0.5, 0.6) is 17.2 Å². The molecule has 0 saturated heterocycles. The zero-order valence-electron chi connectivity index (χ0n) is 17.2. The van der Waals surface area contributed by atoms with Crippen molar-refractivity contribution < 1.29 is 19.4 Å². The molecule has 1 atom stereocenters. The number of phenols is 1. The van der Waals surface area contributed by atoms with Gasteiger partial charge in [0, 0.05) is 22.3 Å². The van der Waals surface area contributed by atoms with Crippen molar-refractivity contribution in [2.24, 2.45) is 0 Å². The molecule has 6 heteroatoms.